The highest BCUT2D eigenvalue weighted by molar-refractivity contribution is 9.10. The smallest absolute Gasteiger partial charge is 0.328 e. The number of hydrogen-bond acceptors (Lipinski definition) is 2. The monoisotopic (exact) mass is 332 g/mol. The summed E-state index contributed by atoms with van der Waals surface area (Å²) >= 11 is 3.41. The minimum absolute atomic E-state index is 0.428. The summed E-state index contributed by atoms with van der Waals surface area (Å²) in [6.45, 7) is 0.428. The molecule has 0 aliphatic rings. The van der Waals surface area contributed by atoms with Crippen molar-refractivity contribution in [2.75, 3.05) is 0 Å². The van der Waals surface area contributed by atoms with Gasteiger partial charge in [0.05, 0.1) is 0 Å². The van der Waals surface area contributed by atoms with Crippen LogP contribution in [-0.2, 0) is 11.4 Å². The predicted octanol–water partition coefficient (Wildman–Crippen LogP) is 4.13. The lowest BCUT2D eigenvalue weighted by Crippen LogP contribution is -1.97. The maximum atomic E-state index is 10.6. The van der Waals surface area contributed by atoms with E-state index >= 15 is 0 Å². The number of ether oxygens (including phenoxy) is 1. The molecular formula is C16H13BrO3. The van der Waals surface area contributed by atoms with Crippen LogP contribution in [0.15, 0.2) is 59.1 Å². The van der Waals surface area contributed by atoms with Gasteiger partial charge in [-0.1, -0.05) is 46.3 Å². The zero-order valence-electron chi connectivity index (χ0n) is 10.6. The maximum absolute atomic E-state index is 10.6. The lowest BCUT2D eigenvalue weighted by Gasteiger charge is -2.09. The molecule has 0 atom stereocenters. The van der Waals surface area contributed by atoms with Gasteiger partial charge in [-0.05, 0) is 29.8 Å². The summed E-state index contributed by atoms with van der Waals surface area (Å²) in [4.78, 5) is 10.6. The van der Waals surface area contributed by atoms with E-state index in [1.807, 2.05) is 48.5 Å². The molecule has 2 aromatic carbocycles. The first-order valence-electron chi connectivity index (χ1n) is 6.02. The Labute approximate surface area is 125 Å². The molecule has 1 N–H and O–H groups in total. The first-order chi connectivity index (χ1) is 9.65. The molecule has 0 aliphatic heterocycles. The van der Waals surface area contributed by atoms with Crippen LogP contribution >= 0.6 is 15.9 Å². The van der Waals surface area contributed by atoms with Gasteiger partial charge in [0.1, 0.15) is 12.4 Å². The molecule has 0 aliphatic carbocycles. The molecule has 0 heterocycles. The van der Waals surface area contributed by atoms with Gasteiger partial charge in [-0.3, -0.25) is 0 Å². The first-order valence-corrected chi connectivity index (χ1v) is 6.82. The van der Waals surface area contributed by atoms with E-state index < -0.39 is 5.97 Å². The highest BCUT2D eigenvalue weighted by atomic mass is 79.9. The molecule has 0 fully saturated rings. The summed E-state index contributed by atoms with van der Waals surface area (Å²) in [5.41, 5.74) is 1.78. The van der Waals surface area contributed by atoms with Crippen molar-refractivity contribution in [3.8, 4) is 5.75 Å². The number of hydrogen-bond donors (Lipinski definition) is 1. The van der Waals surface area contributed by atoms with E-state index in [-0.39, 0.29) is 0 Å². The molecule has 2 aromatic rings. The number of rotatable bonds is 5. The first kappa shape index (κ1) is 14.3. The van der Waals surface area contributed by atoms with Crippen molar-refractivity contribution < 1.29 is 14.6 Å². The Morgan fingerprint density at radius 3 is 2.75 bits per heavy atom. The van der Waals surface area contributed by atoms with Crippen LogP contribution in [-0.4, -0.2) is 11.1 Å². The molecule has 0 saturated heterocycles. The van der Waals surface area contributed by atoms with Crippen LogP contribution in [0, 0.1) is 0 Å². The molecule has 3 nitrogen and oxygen atoms in total. The van der Waals surface area contributed by atoms with Crippen molar-refractivity contribution in [2.24, 2.45) is 0 Å². The summed E-state index contributed by atoms with van der Waals surface area (Å²) in [5, 5.41) is 8.67. The van der Waals surface area contributed by atoms with Gasteiger partial charge >= 0.3 is 5.97 Å². The van der Waals surface area contributed by atoms with E-state index in [0.717, 1.165) is 21.7 Å². The Balaban J connectivity index is 2.11. The average Bonchev–Trinajstić information content (AvgIpc) is 2.44. The minimum Gasteiger partial charge on any atom is -0.488 e. The SMILES string of the molecule is O=C(O)/C=C\c1ccccc1OCc1cccc(Br)c1. The van der Waals surface area contributed by atoms with Crippen molar-refractivity contribution in [1.29, 1.82) is 0 Å². The van der Waals surface area contributed by atoms with Gasteiger partial charge in [-0.15, -0.1) is 0 Å². The number of carboxylic acids is 1. The van der Waals surface area contributed by atoms with Gasteiger partial charge in [0.2, 0.25) is 0 Å². The molecular weight excluding hydrogens is 320 g/mol. The van der Waals surface area contributed by atoms with Crippen molar-refractivity contribution in [2.45, 2.75) is 6.61 Å². The van der Waals surface area contributed by atoms with E-state index in [2.05, 4.69) is 15.9 Å². The van der Waals surface area contributed by atoms with Crippen molar-refractivity contribution in [3.05, 3.63) is 70.2 Å². The average molecular weight is 333 g/mol. The fourth-order valence-electron chi connectivity index (χ4n) is 1.70. The predicted molar refractivity (Wildman–Crippen MR) is 81.6 cm³/mol. The molecule has 0 spiro atoms. The van der Waals surface area contributed by atoms with Gasteiger partial charge in [-0.25, -0.2) is 4.79 Å². The van der Waals surface area contributed by atoms with Crippen LogP contribution in [0.1, 0.15) is 11.1 Å². The van der Waals surface area contributed by atoms with E-state index in [9.17, 15) is 4.79 Å². The van der Waals surface area contributed by atoms with Crippen LogP contribution in [0.3, 0.4) is 0 Å². The number of benzene rings is 2. The molecule has 0 radical (unpaired) electrons. The Kier molecular flexibility index (Phi) is 4.96. The van der Waals surface area contributed by atoms with Crippen LogP contribution in [0.2, 0.25) is 0 Å². The van der Waals surface area contributed by atoms with Crippen LogP contribution in [0.4, 0.5) is 0 Å². The number of para-hydroxylation sites is 1. The molecule has 0 bridgehead atoms. The van der Waals surface area contributed by atoms with Crippen LogP contribution in [0.25, 0.3) is 6.08 Å². The largest absolute Gasteiger partial charge is 0.488 e. The lowest BCUT2D eigenvalue weighted by molar-refractivity contribution is -0.131. The quantitative estimate of drug-likeness (QED) is 0.837. The Morgan fingerprint density at radius 1 is 1.20 bits per heavy atom. The molecule has 0 unspecified atom stereocenters. The van der Waals surface area contributed by atoms with Gasteiger partial charge in [0, 0.05) is 16.1 Å². The van der Waals surface area contributed by atoms with E-state index in [4.69, 9.17) is 9.84 Å². The normalized spacial score (nSPS) is 10.7. The molecule has 102 valence electrons. The fourth-order valence-corrected chi connectivity index (χ4v) is 2.15. The summed E-state index contributed by atoms with van der Waals surface area (Å²) in [6.07, 6.45) is 2.62. The number of aliphatic carboxylic acids is 1. The molecule has 2 rings (SSSR count). The van der Waals surface area contributed by atoms with Crippen LogP contribution in [0.5, 0.6) is 5.75 Å². The van der Waals surface area contributed by atoms with Crippen molar-refractivity contribution >= 4 is 28.0 Å². The van der Waals surface area contributed by atoms with E-state index in [0.29, 0.717) is 12.4 Å². The number of carboxylic acid groups (broad SMARTS) is 1. The summed E-state index contributed by atoms with van der Waals surface area (Å²) < 4.78 is 6.74. The molecule has 20 heavy (non-hydrogen) atoms. The minimum atomic E-state index is -0.980. The third kappa shape index (κ3) is 4.24. The molecule has 4 heteroatoms. The summed E-state index contributed by atoms with van der Waals surface area (Å²) in [6, 6.07) is 15.2. The van der Waals surface area contributed by atoms with Crippen LogP contribution < -0.4 is 4.74 Å². The number of halogens is 1. The fraction of sp³-hybridized carbons (Fsp3) is 0.0625. The standard InChI is InChI=1S/C16H13BrO3/c17-14-6-3-4-12(10-14)11-20-15-7-2-1-5-13(15)8-9-16(18)19/h1-10H,11H2,(H,18,19)/b9-8-. The summed E-state index contributed by atoms with van der Waals surface area (Å²) in [7, 11) is 0. The third-order valence-electron chi connectivity index (χ3n) is 2.61. The van der Waals surface area contributed by atoms with E-state index in [1.165, 1.54) is 6.08 Å². The molecule has 0 aromatic heterocycles. The van der Waals surface area contributed by atoms with E-state index in [1.54, 1.807) is 0 Å². The molecule has 0 saturated carbocycles. The maximum Gasteiger partial charge on any atom is 0.328 e. The topological polar surface area (TPSA) is 46.5 Å². The van der Waals surface area contributed by atoms with Gasteiger partial charge < -0.3 is 9.84 Å². The van der Waals surface area contributed by atoms with Gasteiger partial charge in [-0.2, -0.15) is 0 Å². The molecule has 0 amide bonds. The summed E-state index contributed by atoms with van der Waals surface area (Å²) in [5.74, 6) is -0.322. The Hall–Kier alpha value is -2.07. The zero-order chi connectivity index (χ0) is 14.4. The van der Waals surface area contributed by atoms with Gasteiger partial charge in [0.25, 0.3) is 0 Å². The zero-order valence-corrected chi connectivity index (χ0v) is 12.2. The second-order valence-electron chi connectivity index (χ2n) is 4.13. The second-order valence-corrected chi connectivity index (χ2v) is 5.04. The third-order valence-corrected chi connectivity index (χ3v) is 3.10. The van der Waals surface area contributed by atoms with Crippen molar-refractivity contribution in [3.63, 3.8) is 0 Å². The second kappa shape index (κ2) is 6.91. The number of carbonyl (C=O) groups is 1. The lowest BCUT2D eigenvalue weighted by atomic mass is 10.2. The highest BCUT2D eigenvalue weighted by Gasteiger charge is 2.01. The van der Waals surface area contributed by atoms with Gasteiger partial charge in [0.15, 0.2) is 0 Å². The highest BCUT2D eigenvalue weighted by Crippen LogP contribution is 2.21. The Morgan fingerprint density at radius 2 is 2.00 bits per heavy atom. The van der Waals surface area contributed by atoms with Crippen molar-refractivity contribution in [1.82, 2.24) is 0 Å². The Bertz CT molecular complexity index is 635.